The Kier molecular flexibility index (Phi) is 5.67. The van der Waals surface area contributed by atoms with E-state index >= 15 is 0 Å². The van der Waals surface area contributed by atoms with Crippen molar-refractivity contribution in [2.24, 2.45) is 5.73 Å². The minimum Gasteiger partial charge on any atom is -0.496 e. The number of aryl methyl sites for hydroxylation is 1. The molecule has 0 fully saturated rings. The summed E-state index contributed by atoms with van der Waals surface area (Å²) in [5.41, 5.74) is 7.95. The summed E-state index contributed by atoms with van der Waals surface area (Å²) in [6.45, 7) is 7.27. The molecule has 0 amide bonds. The van der Waals surface area contributed by atoms with E-state index in [9.17, 15) is 0 Å². The Balaban J connectivity index is 3.12. The van der Waals surface area contributed by atoms with Crippen LogP contribution in [0.1, 0.15) is 44.7 Å². The van der Waals surface area contributed by atoms with Crippen molar-refractivity contribution in [3.8, 4) is 11.5 Å². The van der Waals surface area contributed by atoms with Gasteiger partial charge in [-0.05, 0) is 48.9 Å². The Bertz CT molecular complexity index is 408. The number of unbranched alkanes of at least 4 members (excludes halogenated alkanes) is 1. The molecule has 19 heavy (non-hydrogen) atoms. The average molecular weight is 265 g/mol. The molecular formula is C16H27NO2. The zero-order chi connectivity index (χ0) is 14.5. The van der Waals surface area contributed by atoms with Gasteiger partial charge in [0.1, 0.15) is 11.5 Å². The lowest BCUT2D eigenvalue weighted by molar-refractivity contribution is 0.384. The highest BCUT2D eigenvalue weighted by molar-refractivity contribution is 5.49. The van der Waals surface area contributed by atoms with E-state index in [1.54, 1.807) is 14.2 Å². The first-order chi connectivity index (χ1) is 8.93. The van der Waals surface area contributed by atoms with E-state index in [0.29, 0.717) is 0 Å². The first kappa shape index (κ1) is 15.8. The highest BCUT2D eigenvalue weighted by Gasteiger charge is 2.21. The van der Waals surface area contributed by atoms with Crippen molar-refractivity contribution in [1.29, 1.82) is 0 Å². The van der Waals surface area contributed by atoms with Crippen molar-refractivity contribution in [2.45, 2.75) is 45.4 Å². The maximum Gasteiger partial charge on any atom is 0.123 e. The summed E-state index contributed by atoms with van der Waals surface area (Å²) in [4.78, 5) is 0. The van der Waals surface area contributed by atoms with Crippen molar-refractivity contribution >= 4 is 0 Å². The second-order valence-corrected chi connectivity index (χ2v) is 5.86. The molecule has 0 bridgehead atoms. The van der Waals surface area contributed by atoms with Crippen molar-refractivity contribution < 1.29 is 9.47 Å². The molecule has 0 heterocycles. The fourth-order valence-electron chi connectivity index (χ4n) is 2.20. The minimum atomic E-state index is 0.0361. The molecule has 0 atom stereocenters. The van der Waals surface area contributed by atoms with Gasteiger partial charge >= 0.3 is 0 Å². The van der Waals surface area contributed by atoms with Gasteiger partial charge in [0, 0.05) is 5.56 Å². The SMILES string of the molecule is COc1cc(C(C)(C)C)c(OC)cc1CCCCN. The topological polar surface area (TPSA) is 44.5 Å². The molecule has 2 N–H and O–H groups in total. The van der Waals surface area contributed by atoms with Gasteiger partial charge in [0.15, 0.2) is 0 Å². The molecule has 0 aliphatic rings. The van der Waals surface area contributed by atoms with E-state index < -0.39 is 0 Å². The van der Waals surface area contributed by atoms with Crippen LogP contribution in [-0.4, -0.2) is 20.8 Å². The standard InChI is InChI=1S/C16H27NO2/c1-16(2,3)13-11-14(18-4)12(8-6-7-9-17)10-15(13)19-5/h10-11H,6-9,17H2,1-5H3. The third kappa shape index (κ3) is 4.13. The minimum absolute atomic E-state index is 0.0361. The largest absolute Gasteiger partial charge is 0.496 e. The van der Waals surface area contributed by atoms with Gasteiger partial charge < -0.3 is 15.2 Å². The molecular weight excluding hydrogens is 238 g/mol. The molecule has 0 spiro atoms. The van der Waals surface area contributed by atoms with Crippen LogP contribution in [0.15, 0.2) is 12.1 Å². The third-order valence-electron chi connectivity index (χ3n) is 3.31. The molecule has 0 aliphatic heterocycles. The van der Waals surface area contributed by atoms with E-state index in [-0.39, 0.29) is 5.41 Å². The lowest BCUT2D eigenvalue weighted by Crippen LogP contribution is -2.13. The number of hydrogen-bond donors (Lipinski definition) is 1. The van der Waals surface area contributed by atoms with Crippen LogP contribution in [0.2, 0.25) is 0 Å². The number of rotatable bonds is 6. The van der Waals surface area contributed by atoms with Crippen molar-refractivity contribution in [3.63, 3.8) is 0 Å². The second-order valence-electron chi connectivity index (χ2n) is 5.86. The Morgan fingerprint density at radius 3 is 2.11 bits per heavy atom. The maximum atomic E-state index is 5.54. The van der Waals surface area contributed by atoms with Crippen LogP contribution in [0.5, 0.6) is 11.5 Å². The predicted octanol–water partition coefficient (Wildman–Crippen LogP) is 3.28. The average Bonchev–Trinajstić information content (AvgIpc) is 2.37. The maximum absolute atomic E-state index is 5.54. The zero-order valence-corrected chi connectivity index (χ0v) is 12.9. The molecule has 3 nitrogen and oxygen atoms in total. The van der Waals surface area contributed by atoms with Crippen LogP contribution in [0, 0.1) is 0 Å². The monoisotopic (exact) mass is 265 g/mol. The quantitative estimate of drug-likeness (QED) is 0.803. The molecule has 0 saturated carbocycles. The normalized spacial score (nSPS) is 11.5. The number of benzene rings is 1. The summed E-state index contributed by atoms with van der Waals surface area (Å²) in [7, 11) is 3.45. The van der Waals surface area contributed by atoms with Crippen LogP contribution >= 0.6 is 0 Å². The Hall–Kier alpha value is -1.22. The second kappa shape index (κ2) is 6.80. The summed E-state index contributed by atoms with van der Waals surface area (Å²) < 4.78 is 11.1. The van der Waals surface area contributed by atoms with Crippen LogP contribution in [0.3, 0.4) is 0 Å². The molecule has 0 unspecified atom stereocenters. The highest BCUT2D eigenvalue weighted by Crippen LogP contribution is 2.37. The van der Waals surface area contributed by atoms with Gasteiger partial charge in [0.05, 0.1) is 14.2 Å². The lowest BCUT2D eigenvalue weighted by atomic mass is 9.85. The number of hydrogen-bond acceptors (Lipinski definition) is 3. The van der Waals surface area contributed by atoms with Crippen molar-refractivity contribution in [1.82, 2.24) is 0 Å². The molecule has 0 aromatic heterocycles. The summed E-state index contributed by atoms with van der Waals surface area (Å²) in [5.74, 6) is 1.89. The van der Waals surface area contributed by atoms with E-state index in [0.717, 1.165) is 37.3 Å². The Labute approximate surface area is 117 Å². The van der Waals surface area contributed by atoms with Crippen LogP contribution in [-0.2, 0) is 11.8 Å². The summed E-state index contributed by atoms with van der Waals surface area (Å²) >= 11 is 0. The molecule has 0 saturated heterocycles. The number of methoxy groups -OCH3 is 2. The van der Waals surface area contributed by atoms with E-state index in [4.69, 9.17) is 15.2 Å². The van der Waals surface area contributed by atoms with Gasteiger partial charge in [0.25, 0.3) is 0 Å². The predicted molar refractivity (Wildman–Crippen MR) is 80.2 cm³/mol. The highest BCUT2D eigenvalue weighted by atomic mass is 16.5. The molecule has 1 rings (SSSR count). The summed E-state index contributed by atoms with van der Waals surface area (Å²) in [6.07, 6.45) is 3.08. The van der Waals surface area contributed by atoms with Gasteiger partial charge in [-0.3, -0.25) is 0 Å². The molecule has 1 aromatic rings. The first-order valence-corrected chi connectivity index (χ1v) is 6.89. The van der Waals surface area contributed by atoms with Gasteiger partial charge in [-0.1, -0.05) is 20.8 Å². The van der Waals surface area contributed by atoms with Crippen LogP contribution < -0.4 is 15.2 Å². The van der Waals surface area contributed by atoms with Gasteiger partial charge in [-0.15, -0.1) is 0 Å². The fraction of sp³-hybridized carbons (Fsp3) is 0.625. The Morgan fingerprint density at radius 2 is 1.63 bits per heavy atom. The van der Waals surface area contributed by atoms with Crippen LogP contribution in [0.25, 0.3) is 0 Å². The fourth-order valence-corrected chi connectivity index (χ4v) is 2.20. The summed E-state index contributed by atoms with van der Waals surface area (Å²) in [6, 6.07) is 4.21. The first-order valence-electron chi connectivity index (χ1n) is 6.89. The van der Waals surface area contributed by atoms with E-state index in [2.05, 4.69) is 32.9 Å². The molecule has 0 aliphatic carbocycles. The van der Waals surface area contributed by atoms with Crippen LogP contribution in [0.4, 0.5) is 0 Å². The smallest absolute Gasteiger partial charge is 0.123 e. The number of nitrogens with two attached hydrogens (primary N) is 1. The van der Waals surface area contributed by atoms with E-state index in [1.807, 2.05) is 0 Å². The van der Waals surface area contributed by atoms with Gasteiger partial charge in [-0.25, -0.2) is 0 Å². The third-order valence-corrected chi connectivity index (χ3v) is 3.31. The number of ether oxygens (including phenoxy) is 2. The summed E-state index contributed by atoms with van der Waals surface area (Å²) in [5, 5.41) is 0. The molecule has 108 valence electrons. The molecule has 1 aromatic carbocycles. The van der Waals surface area contributed by atoms with Gasteiger partial charge in [0.2, 0.25) is 0 Å². The zero-order valence-electron chi connectivity index (χ0n) is 12.9. The van der Waals surface area contributed by atoms with E-state index in [1.165, 1.54) is 11.1 Å². The van der Waals surface area contributed by atoms with Crippen molar-refractivity contribution in [3.05, 3.63) is 23.3 Å². The molecule has 0 radical (unpaired) electrons. The Morgan fingerprint density at radius 1 is 1.00 bits per heavy atom. The molecule has 3 heteroatoms. The van der Waals surface area contributed by atoms with Gasteiger partial charge in [-0.2, -0.15) is 0 Å². The lowest BCUT2D eigenvalue weighted by Gasteiger charge is -2.24. The van der Waals surface area contributed by atoms with Crippen molar-refractivity contribution in [2.75, 3.05) is 20.8 Å².